The lowest BCUT2D eigenvalue weighted by molar-refractivity contribution is 0.0945. The van der Waals surface area contributed by atoms with Crippen LogP contribution < -0.4 is 10.9 Å². The van der Waals surface area contributed by atoms with Gasteiger partial charge in [0.15, 0.2) is 0 Å². The van der Waals surface area contributed by atoms with Gasteiger partial charge in [-0.2, -0.15) is 5.10 Å². The zero-order valence-corrected chi connectivity index (χ0v) is 12.0. The highest BCUT2D eigenvalue weighted by atomic mass is 16.2. The number of aromatic amines is 1. The molecule has 0 unspecified atom stereocenters. The quantitative estimate of drug-likeness (QED) is 0.735. The average Bonchev–Trinajstić information content (AvgIpc) is 2.99. The van der Waals surface area contributed by atoms with Crippen LogP contribution >= 0.6 is 0 Å². The largest absolute Gasteiger partial charge is 0.351 e. The van der Waals surface area contributed by atoms with Crippen LogP contribution in [0.4, 0.5) is 0 Å². The molecule has 0 radical (unpaired) electrons. The van der Waals surface area contributed by atoms with Crippen molar-refractivity contribution in [3.63, 3.8) is 0 Å². The Morgan fingerprint density at radius 2 is 2.29 bits per heavy atom. The summed E-state index contributed by atoms with van der Waals surface area (Å²) in [5.41, 5.74) is 0.0762. The first-order valence-electron chi connectivity index (χ1n) is 7.05. The van der Waals surface area contributed by atoms with Crippen LogP contribution in [0.1, 0.15) is 36.1 Å². The number of rotatable bonds is 7. The topological polar surface area (TPSA) is 92.7 Å². The van der Waals surface area contributed by atoms with Crippen molar-refractivity contribution in [3.8, 4) is 0 Å². The highest BCUT2D eigenvalue weighted by Gasteiger charge is 2.08. The molecule has 0 fully saturated rings. The van der Waals surface area contributed by atoms with Crippen molar-refractivity contribution in [1.29, 1.82) is 0 Å². The maximum atomic E-state index is 12.0. The van der Waals surface area contributed by atoms with Gasteiger partial charge in [-0.05, 0) is 18.9 Å². The van der Waals surface area contributed by atoms with E-state index in [1.54, 1.807) is 12.4 Å². The van der Waals surface area contributed by atoms with Crippen LogP contribution in [0.5, 0.6) is 0 Å². The molecule has 0 aliphatic rings. The maximum absolute atomic E-state index is 12.0. The predicted octanol–water partition coefficient (Wildman–Crippen LogP) is 0.739. The molecule has 0 bridgehead atoms. The van der Waals surface area contributed by atoms with E-state index in [1.807, 2.05) is 6.92 Å². The van der Waals surface area contributed by atoms with E-state index < -0.39 is 0 Å². The minimum absolute atomic E-state index is 0.189. The van der Waals surface area contributed by atoms with Gasteiger partial charge in [0.05, 0.1) is 0 Å². The molecule has 7 heteroatoms. The van der Waals surface area contributed by atoms with E-state index in [0.29, 0.717) is 13.1 Å². The van der Waals surface area contributed by atoms with Crippen LogP contribution in [0.2, 0.25) is 0 Å². The molecule has 2 rings (SSSR count). The normalized spacial score (nSPS) is 10.5. The van der Waals surface area contributed by atoms with Gasteiger partial charge in [0.25, 0.3) is 11.5 Å². The van der Waals surface area contributed by atoms with Gasteiger partial charge in [0.1, 0.15) is 11.5 Å². The first kappa shape index (κ1) is 15.0. The zero-order chi connectivity index (χ0) is 15.1. The van der Waals surface area contributed by atoms with Gasteiger partial charge in [-0.3, -0.25) is 9.59 Å². The fraction of sp³-hybridized carbons (Fsp3) is 0.429. The number of nitrogens with one attached hydrogen (secondary N) is 2. The molecule has 0 saturated heterocycles. The molecule has 2 N–H and O–H groups in total. The number of carbonyl (C=O) groups is 1. The Morgan fingerprint density at radius 3 is 3.00 bits per heavy atom. The number of carbonyl (C=O) groups excluding carboxylic acids is 1. The Balaban J connectivity index is 1.85. The Bertz CT molecular complexity index is 633. The summed E-state index contributed by atoms with van der Waals surface area (Å²) in [4.78, 5) is 30.6. The van der Waals surface area contributed by atoms with E-state index in [-0.39, 0.29) is 17.2 Å². The zero-order valence-electron chi connectivity index (χ0n) is 12.0. The van der Waals surface area contributed by atoms with E-state index in [9.17, 15) is 9.59 Å². The molecule has 21 heavy (non-hydrogen) atoms. The van der Waals surface area contributed by atoms with Crippen LogP contribution in [0, 0.1) is 0 Å². The summed E-state index contributed by atoms with van der Waals surface area (Å²) < 4.78 is 1.32. The molecular formula is C14H19N5O2. The molecule has 0 saturated carbocycles. The molecule has 2 heterocycles. The molecule has 7 nitrogen and oxygen atoms in total. The minimum Gasteiger partial charge on any atom is -0.351 e. The molecular weight excluding hydrogens is 270 g/mol. The molecule has 2 aromatic heterocycles. The summed E-state index contributed by atoms with van der Waals surface area (Å²) in [6, 6.07) is 2.83. The second-order valence-electron chi connectivity index (χ2n) is 4.68. The van der Waals surface area contributed by atoms with Crippen LogP contribution in [0.15, 0.2) is 29.3 Å². The van der Waals surface area contributed by atoms with Crippen molar-refractivity contribution in [2.45, 2.75) is 32.7 Å². The summed E-state index contributed by atoms with van der Waals surface area (Å²) in [6.45, 7) is 3.00. The van der Waals surface area contributed by atoms with Crippen LogP contribution in [-0.4, -0.2) is 32.2 Å². The molecule has 112 valence electrons. The first-order chi connectivity index (χ1) is 10.2. The fourth-order valence-electron chi connectivity index (χ4n) is 1.93. The Labute approximate surface area is 122 Å². The van der Waals surface area contributed by atoms with Gasteiger partial charge in [-0.15, -0.1) is 0 Å². The average molecular weight is 289 g/mol. The number of imidazole rings is 1. The smallest absolute Gasteiger partial charge is 0.271 e. The Morgan fingerprint density at radius 1 is 1.43 bits per heavy atom. The summed E-state index contributed by atoms with van der Waals surface area (Å²) in [5, 5.41) is 6.86. The number of aryl methyl sites for hydroxylation is 2. The Kier molecular flexibility index (Phi) is 5.25. The lowest BCUT2D eigenvalue weighted by atomic mass is 10.3. The highest BCUT2D eigenvalue weighted by molar-refractivity contribution is 5.91. The van der Waals surface area contributed by atoms with Crippen molar-refractivity contribution in [2.75, 3.05) is 6.54 Å². The second-order valence-corrected chi connectivity index (χ2v) is 4.68. The maximum Gasteiger partial charge on any atom is 0.271 e. The summed E-state index contributed by atoms with van der Waals surface area (Å²) in [6.07, 6.45) is 5.83. The summed E-state index contributed by atoms with van der Waals surface area (Å²) >= 11 is 0. The fourth-order valence-corrected chi connectivity index (χ4v) is 1.93. The van der Waals surface area contributed by atoms with Crippen LogP contribution in [0.25, 0.3) is 0 Å². The predicted molar refractivity (Wildman–Crippen MR) is 78.0 cm³/mol. The van der Waals surface area contributed by atoms with Crippen molar-refractivity contribution in [1.82, 2.24) is 25.1 Å². The lowest BCUT2D eigenvalue weighted by Crippen LogP contribution is -2.30. The summed E-state index contributed by atoms with van der Waals surface area (Å²) in [7, 11) is 0. The number of nitrogens with zero attached hydrogens (tertiary/aromatic N) is 3. The van der Waals surface area contributed by atoms with E-state index >= 15 is 0 Å². The molecule has 0 aliphatic carbocycles. The van der Waals surface area contributed by atoms with Gasteiger partial charge < -0.3 is 10.3 Å². The third kappa shape index (κ3) is 4.27. The van der Waals surface area contributed by atoms with Crippen LogP contribution in [-0.2, 0) is 13.0 Å². The number of aromatic nitrogens is 4. The van der Waals surface area contributed by atoms with Crippen LogP contribution in [0.3, 0.4) is 0 Å². The van der Waals surface area contributed by atoms with Crippen molar-refractivity contribution in [2.24, 2.45) is 0 Å². The SMILES string of the molecule is CCCn1nc(C(=O)NCCCc2ncc[nH]2)ccc1=O. The molecule has 1 amide bonds. The molecule has 0 aliphatic heterocycles. The number of amides is 1. The molecule has 0 atom stereocenters. The number of hydrogen-bond acceptors (Lipinski definition) is 4. The Hall–Kier alpha value is -2.44. The van der Waals surface area contributed by atoms with Crippen molar-refractivity contribution in [3.05, 3.63) is 46.4 Å². The summed E-state index contributed by atoms with van der Waals surface area (Å²) in [5.74, 6) is 0.637. The van der Waals surface area contributed by atoms with E-state index in [2.05, 4.69) is 20.4 Å². The van der Waals surface area contributed by atoms with Gasteiger partial charge in [0, 0.05) is 38.0 Å². The molecule has 0 spiro atoms. The lowest BCUT2D eigenvalue weighted by Gasteiger charge is -2.06. The highest BCUT2D eigenvalue weighted by Crippen LogP contribution is 1.95. The number of H-pyrrole nitrogens is 1. The van der Waals surface area contributed by atoms with Crippen molar-refractivity contribution < 1.29 is 4.79 Å². The second kappa shape index (κ2) is 7.37. The minimum atomic E-state index is -0.265. The van der Waals surface area contributed by atoms with E-state index in [1.165, 1.54) is 16.8 Å². The third-order valence-electron chi connectivity index (χ3n) is 2.97. The van der Waals surface area contributed by atoms with Gasteiger partial charge in [-0.25, -0.2) is 9.67 Å². The first-order valence-corrected chi connectivity index (χ1v) is 7.05. The molecule has 0 aromatic carbocycles. The van der Waals surface area contributed by atoms with Gasteiger partial charge in [0.2, 0.25) is 0 Å². The molecule has 2 aromatic rings. The van der Waals surface area contributed by atoms with E-state index in [0.717, 1.165) is 25.1 Å². The monoisotopic (exact) mass is 289 g/mol. The number of hydrogen-bond donors (Lipinski definition) is 2. The van der Waals surface area contributed by atoms with Crippen molar-refractivity contribution >= 4 is 5.91 Å². The standard InChI is InChI=1S/C14H19N5O2/c1-2-10-19-13(20)6-5-11(18-19)14(21)17-7-3-4-12-15-8-9-16-12/h5-6,8-9H,2-4,7,10H2,1H3,(H,15,16)(H,17,21). The van der Waals surface area contributed by atoms with Gasteiger partial charge in [-0.1, -0.05) is 6.92 Å². The third-order valence-corrected chi connectivity index (χ3v) is 2.97. The van der Waals surface area contributed by atoms with E-state index in [4.69, 9.17) is 0 Å². The van der Waals surface area contributed by atoms with Gasteiger partial charge >= 0.3 is 0 Å².